The Hall–Kier alpha value is -2.45. The van der Waals surface area contributed by atoms with E-state index < -0.39 is 35.9 Å². The van der Waals surface area contributed by atoms with E-state index in [1.54, 1.807) is 10.8 Å². The number of imidazole rings is 1. The van der Waals surface area contributed by atoms with Crippen molar-refractivity contribution in [2.45, 2.75) is 77.0 Å². The average Bonchev–Trinajstić information content (AvgIpc) is 3.16. The van der Waals surface area contributed by atoms with Gasteiger partial charge in [-0.05, 0) is 64.8 Å². The van der Waals surface area contributed by atoms with Crippen LogP contribution in [0, 0.1) is 0 Å². The molecule has 0 radical (unpaired) electrons. The quantitative estimate of drug-likeness (QED) is 0.357. The second kappa shape index (κ2) is 7.28. The smallest absolute Gasteiger partial charge is 0.499 e. The number of nitrogens with zero attached hydrogens (tertiary/aromatic N) is 2. The van der Waals surface area contributed by atoms with Gasteiger partial charge in [0, 0.05) is 5.46 Å². The monoisotopic (exact) mass is 438 g/mol. The number of halogens is 1. The Morgan fingerprint density at radius 3 is 2.28 bits per heavy atom. The highest BCUT2D eigenvalue weighted by atomic mass is 19.1. The molecule has 0 amide bonds. The first-order chi connectivity index (χ1) is 15.1. The van der Waals surface area contributed by atoms with Gasteiger partial charge in [0.15, 0.2) is 0 Å². The van der Waals surface area contributed by atoms with Gasteiger partial charge >= 0.3 is 13.2 Å². The van der Waals surface area contributed by atoms with Crippen LogP contribution in [0.4, 0.5) is 4.39 Å². The molecule has 0 atom stereocenters. The van der Waals surface area contributed by atoms with Gasteiger partial charge in [0.1, 0.15) is 11.9 Å². The fourth-order valence-electron chi connectivity index (χ4n) is 5.07. The zero-order valence-electron chi connectivity index (χ0n) is 19.0. The summed E-state index contributed by atoms with van der Waals surface area (Å²) in [6.07, 6.45) is 6.47. The summed E-state index contributed by atoms with van der Waals surface area (Å²) in [5.74, 6) is -0.569. The van der Waals surface area contributed by atoms with E-state index in [0.717, 1.165) is 42.9 Å². The predicted octanol–water partition coefficient (Wildman–Crippen LogP) is 3.37. The predicted molar refractivity (Wildman–Crippen MR) is 118 cm³/mol. The van der Waals surface area contributed by atoms with Crippen molar-refractivity contribution in [3.8, 4) is 5.88 Å². The topological polar surface area (TPSA) is 66.9 Å². The maximum absolute atomic E-state index is 14.2. The summed E-state index contributed by atoms with van der Waals surface area (Å²) < 4.78 is 29.8. The number of hydrogen-bond donors (Lipinski definition) is 0. The number of aromatic nitrogens is 2. The van der Waals surface area contributed by atoms with Gasteiger partial charge in [-0.15, -0.1) is 0 Å². The molecular formula is C24H28BFN2O4. The standard InChI is InChI=1S/C24H28BFN2O4/c1-23(2)24(3,4)32-25(31-23)18-14-27-19(20(26)29)22(30)28(15-10-6-5-7-11-15)21(27)17-13-9-8-12-16(17)18/h8-9,12-15H,5-7,10-11H2,1-4H3. The number of fused-ring (bicyclic) bond motifs is 3. The Bertz CT molecular complexity index is 1210. The minimum atomic E-state index is -1.73. The Kier molecular flexibility index (Phi) is 4.87. The van der Waals surface area contributed by atoms with Crippen molar-refractivity contribution < 1.29 is 28.2 Å². The molecule has 1 aliphatic heterocycles. The van der Waals surface area contributed by atoms with E-state index in [9.17, 15) is 14.3 Å². The number of benzene rings is 1. The number of carbonyl (C=O) groups is 1. The van der Waals surface area contributed by atoms with Crippen LogP contribution in [-0.2, 0) is 9.31 Å². The third-order valence-corrected chi connectivity index (χ3v) is 7.50. The van der Waals surface area contributed by atoms with Crippen LogP contribution >= 0.6 is 0 Å². The molecule has 8 heteroatoms. The maximum Gasteiger partial charge on any atom is 0.499 e. The van der Waals surface area contributed by atoms with Gasteiger partial charge < -0.3 is 14.4 Å². The van der Waals surface area contributed by atoms with E-state index in [0.29, 0.717) is 11.1 Å². The molecule has 0 N–H and O–H groups in total. The van der Waals surface area contributed by atoms with Gasteiger partial charge in [0.25, 0.3) is 5.65 Å². The lowest BCUT2D eigenvalue weighted by Gasteiger charge is -2.32. The number of rotatable bonds is 3. The summed E-state index contributed by atoms with van der Waals surface area (Å²) in [5.41, 5.74) is -0.364. The van der Waals surface area contributed by atoms with E-state index in [4.69, 9.17) is 9.31 Å². The molecule has 0 unspecified atom stereocenters. The van der Waals surface area contributed by atoms with Crippen LogP contribution in [0.25, 0.3) is 16.4 Å². The fourth-order valence-corrected chi connectivity index (χ4v) is 5.07. The number of pyridine rings is 1. The number of carbonyl (C=O) groups excluding carboxylic acids is 1. The highest BCUT2D eigenvalue weighted by Gasteiger charge is 2.52. The minimum Gasteiger partial charge on any atom is -0.839 e. The molecule has 1 saturated heterocycles. The summed E-state index contributed by atoms with van der Waals surface area (Å²) in [6, 6.07) is 5.89. The van der Waals surface area contributed by atoms with Crippen molar-refractivity contribution >= 4 is 35.0 Å². The molecule has 2 aliphatic rings. The Labute approximate surface area is 187 Å². The normalized spacial score (nSPS) is 21.0. The van der Waals surface area contributed by atoms with Crippen LogP contribution in [0.2, 0.25) is 0 Å². The van der Waals surface area contributed by atoms with Crippen LogP contribution < -0.4 is 15.1 Å². The molecule has 1 aromatic carbocycles. The van der Waals surface area contributed by atoms with Gasteiger partial charge in [0.05, 0.1) is 22.8 Å². The number of hydrogen-bond acceptors (Lipinski definition) is 4. The van der Waals surface area contributed by atoms with Crippen molar-refractivity contribution in [3.05, 3.63) is 36.2 Å². The lowest BCUT2D eigenvalue weighted by atomic mass is 9.77. The Morgan fingerprint density at radius 1 is 1.09 bits per heavy atom. The molecule has 32 heavy (non-hydrogen) atoms. The zero-order chi connectivity index (χ0) is 22.8. The molecule has 1 aliphatic carbocycles. The minimum absolute atomic E-state index is 0.0505. The van der Waals surface area contributed by atoms with Crippen molar-refractivity contribution in [2.24, 2.45) is 0 Å². The second-order valence-corrected chi connectivity index (χ2v) is 10.0. The van der Waals surface area contributed by atoms with Crippen LogP contribution in [0.5, 0.6) is 5.88 Å². The van der Waals surface area contributed by atoms with Crippen molar-refractivity contribution in [2.75, 3.05) is 0 Å². The van der Waals surface area contributed by atoms with Gasteiger partial charge in [0.2, 0.25) is 5.69 Å². The van der Waals surface area contributed by atoms with E-state index in [2.05, 4.69) is 0 Å². The van der Waals surface area contributed by atoms with Crippen molar-refractivity contribution in [3.63, 3.8) is 0 Å². The molecule has 0 bridgehead atoms. The van der Waals surface area contributed by atoms with E-state index in [-0.39, 0.29) is 6.04 Å². The van der Waals surface area contributed by atoms with Gasteiger partial charge in [-0.1, -0.05) is 24.6 Å². The van der Waals surface area contributed by atoms with E-state index in [1.165, 1.54) is 4.40 Å². The molecule has 3 heterocycles. The fraction of sp³-hybridized carbons (Fsp3) is 0.500. The van der Waals surface area contributed by atoms with Crippen LogP contribution in [0.1, 0.15) is 76.3 Å². The molecule has 2 fully saturated rings. The van der Waals surface area contributed by atoms with Crippen molar-refractivity contribution in [1.82, 2.24) is 4.40 Å². The maximum atomic E-state index is 14.2. The summed E-state index contributed by atoms with van der Waals surface area (Å²) in [7, 11) is -0.711. The second-order valence-electron chi connectivity index (χ2n) is 10.0. The summed E-state index contributed by atoms with van der Waals surface area (Å²) in [6.45, 7) is 7.86. The Morgan fingerprint density at radius 2 is 1.69 bits per heavy atom. The van der Waals surface area contributed by atoms with Crippen LogP contribution in [0.3, 0.4) is 0 Å². The van der Waals surface area contributed by atoms with Crippen LogP contribution in [0.15, 0.2) is 30.5 Å². The van der Waals surface area contributed by atoms with E-state index in [1.807, 2.05) is 52.0 Å². The van der Waals surface area contributed by atoms with Gasteiger partial charge in [-0.3, -0.25) is 4.79 Å². The summed E-state index contributed by atoms with van der Waals surface area (Å²) in [4.78, 5) is 12.0. The molecule has 1 saturated carbocycles. The largest absolute Gasteiger partial charge is 0.839 e. The van der Waals surface area contributed by atoms with Gasteiger partial charge in [-0.25, -0.2) is 4.57 Å². The highest BCUT2D eigenvalue weighted by molar-refractivity contribution is 6.65. The molecule has 2 aromatic heterocycles. The lowest BCUT2D eigenvalue weighted by molar-refractivity contribution is -0.736. The van der Waals surface area contributed by atoms with E-state index >= 15 is 0 Å². The molecule has 0 spiro atoms. The molecule has 168 valence electrons. The zero-order valence-corrected chi connectivity index (χ0v) is 19.0. The third-order valence-electron chi connectivity index (χ3n) is 7.50. The van der Waals surface area contributed by atoms with Crippen molar-refractivity contribution in [1.29, 1.82) is 0 Å². The lowest BCUT2D eigenvalue weighted by Crippen LogP contribution is -2.43. The average molecular weight is 438 g/mol. The highest BCUT2D eigenvalue weighted by Crippen LogP contribution is 2.38. The molecule has 6 nitrogen and oxygen atoms in total. The molecule has 3 aromatic rings. The molecular weight excluding hydrogens is 410 g/mol. The summed E-state index contributed by atoms with van der Waals surface area (Å²) >= 11 is 0. The van der Waals surface area contributed by atoms with Gasteiger partial charge in [-0.2, -0.15) is 8.79 Å². The third kappa shape index (κ3) is 3.07. The first-order valence-electron chi connectivity index (χ1n) is 11.4. The SMILES string of the molecule is CC1(C)OB(c2cn3c(C(=O)F)c([O-])[n+](C4CCCCC4)c3c3ccccc23)OC1(C)C. The molecule has 5 rings (SSSR count). The Balaban J connectivity index is 1.82. The summed E-state index contributed by atoms with van der Waals surface area (Å²) in [5, 5.41) is 15.0. The first-order valence-corrected chi connectivity index (χ1v) is 11.4. The van der Waals surface area contributed by atoms with Crippen LogP contribution in [-0.4, -0.2) is 28.8 Å². The first kappa shape index (κ1) is 21.4.